The van der Waals surface area contributed by atoms with Crippen molar-refractivity contribution in [1.82, 2.24) is 0 Å². The summed E-state index contributed by atoms with van der Waals surface area (Å²) in [5.41, 5.74) is 2.02. The molecule has 0 bridgehead atoms. The topological polar surface area (TPSA) is 17.1 Å². The van der Waals surface area contributed by atoms with Crippen LogP contribution in [0.3, 0.4) is 0 Å². The summed E-state index contributed by atoms with van der Waals surface area (Å²) in [6.07, 6.45) is 7.02. The summed E-state index contributed by atoms with van der Waals surface area (Å²) < 4.78 is 1.07. The van der Waals surface area contributed by atoms with Crippen molar-refractivity contribution < 1.29 is 4.79 Å². The van der Waals surface area contributed by atoms with Gasteiger partial charge in [0, 0.05) is 15.5 Å². The Bertz CT molecular complexity index is 465. The second-order valence-electron chi connectivity index (χ2n) is 4.47. The number of ketones is 1. The third-order valence-electron chi connectivity index (χ3n) is 3.51. The van der Waals surface area contributed by atoms with E-state index in [-0.39, 0.29) is 5.41 Å². The fourth-order valence-electron chi connectivity index (χ4n) is 2.69. The van der Waals surface area contributed by atoms with Crippen molar-refractivity contribution in [2.75, 3.05) is 0 Å². The van der Waals surface area contributed by atoms with Crippen LogP contribution in [0, 0.1) is 5.41 Å². The van der Waals surface area contributed by atoms with Crippen LogP contribution in [0.15, 0.2) is 34.8 Å². The molecule has 0 radical (unpaired) electrons. The van der Waals surface area contributed by atoms with E-state index in [4.69, 9.17) is 0 Å². The minimum absolute atomic E-state index is 0.122. The summed E-state index contributed by atoms with van der Waals surface area (Å²) in [4.78, 5) is 12.3. The Morgan fingerprint density at radius 3 is 2.67 bits per heavy atom. The molecule has 0 unspecified atom stereocenters. The van der Waals surface area contributed by atoms with Gasteiger partial charge in [-0.1, -0.05) is 28.1 Å². The van der Waals surface area contributed by atoms with Crippen molar-refractivity contribution in [3.8, 4) is 0 Å². The molecule has 2 aliphatic rings. The van der Waals surface area contributed by atoms with Gasteiger partial charge in [-0.15, -0.1) is 0 Å². The predicted molar refractivity (Wildman–Crippen MR) is 63.0 cm³/mol. The van der Waals surface area contributed by atoms with E-state index < -0.39 is 0 Å². The molecule has 0 aromatic heterocycles. The van der Waals surface area contributed by atoms with Crippen LogP contribution >= 0.6 is 15.9 Å². The highest BCUT2D eigenvalue weighted by molar-refractivity contribution is 9.10. The summed E-state index contributed by atoms with van der Waals surface area (Å²) in [5, 5.41) is 0. The zero-order valence-corrected chi connectivity index (χ0v) is 9.88. The quantitative estimate of drug-likeness (QED) is 0.654. The van der Waals surface area contributed by atoms with Crippen molar-refractivity contribution >= 4 is 21.7 Å². The fourth-order valence-corrected chi connectivity index (χ4v) is 3.10. The standard InChI is InChI=1S/C13H11BrO/c14-10-3-4-11-9(7-10)8-13(12(11)15)5-1-2-6-13/h1-4,7H,5-6,8H2. The van der Waals surface area contributed by atoms with E-state index in [2.05, 4.69) is 34.1 Å². The highest BCUT2D eigenvalue weighted by atomic mass is 79.9. The molecule has 1 aromatic carbocycles. The van der Waals surface area contributed by atoms with Crippen LogP contribution in [0.4, 0.5) is 0 Å². The summed E-state index contributed by atoms with van der Waals surface area (Å²) in [7, 11) is 0. The Balaban J connectivity index is 2.09. The van der Waals surface area contributed by atoms with E-state index >= 15 is 0 Å². The molecule has 0 saturated heterocycles. The average Bonchev–Trinajstić information content (AvgIpc) is 2.76. The Kier molecular flexibility index (Phi) is 1.90. The lowest BCUT2D eigenvalue weighted by Crippen LogP contribution is -2.24. The maximum Gasteiger partial charge on any atom is 0.170 e. The normalized spacial score (nSPS) is 21.3. The number of hydrogen-bond acceptors (Lipinski definition) is 1. The number of hydrogen-bond donors (Lipinski definition) is 0. The van der Waals surface area contributed by atoms with E-state index in [0.717, 1.165) is 29.3 Å². The lowest BCUT2D eigenvalue weighted by Gasteiger charge is -2.19. The zero-order chi connectivity index (χ0) is 10.5. The molecule has 0 atom stereocenters. The van der Waals surface area contributed by atoms with Crippen molar-refractivity contribution in [2.24, 2.45) is 5.41 Å². The molecular formula is C13H11BrO. The maximum atomic E-state index is 12.3. The number of Topliss-reactive ketones (excluding diaryl/α,β-unsaturated/α-hetero) is 1. The largest absolute Gasteiger partial charge is 0.294 e. The monoisotopic (exact) mass is 262 g/mol. The summed E-state index contributed by atoms with van der Waals surface area (Å²) in [6.45, 7) is 0. The molecule has 1 spiro atoms. The van der Waals surface area contributed by atoms with Crippen molar-refractivity contribution in [1.29, 1.82) is 0 Å². The molecule has 1 nitrogen and oxygen atoms in total. The molecule has 0 fully saturated rings. The Morgan fingerprint density at radius 1 is 1.20 bits per heavy atom. The zero-order valence-electron chi connectivity index (χ0n) is 8.29. The Hall–Kier alpha value is -0.890. The summed E-state index contributed by atoms with van der Waals surface area (Å²) >= 11 is 3.45. The van der Waals surface area contributed by atoms with Crippen LogP contribution in [-0.4, -0.2) is 5.78 Å². The van der Waals surface area contributed by atoms with Gasteiger partial charge in [-0.25, -0.2) is 0 Å². The van der Waals surface area contributed by atoms with Gasteiger partial charge < -0.3 is 0 Å². The van der Waals surface area contributed by atoms with Crippen molar-refractivity contribution in [3.05, 3.63) is 46.0 Å². The third kappa shape index (κ3) is 1.24. The molecule has 76 valence electrons. The van der Waals surface area contributed by atoms with Gasteiger partial charge in [-0.05, 0) is 43.0 Å². The number of rotatable bonds is 0. The second kappa shape index (κ2) is 3.05. The van der Waals surface area contributed by atoms with E-state index in [0.29, 0.717) is 5.78 Å². The molecule has 3 rings (SSSR count). The number of benzene rings is 1. The SMILES string of the molecule is O=C1c2ccc(Br)cc2CC12CC=CC2. The molecule has 2 aliphatic carbocycles. The van der Waals surface area contributed by atoms with Gasteiger partial charge in [-0.3, -0.25) is 4.79 Å². The number of halogens is 1. The molecule has 1 aromatic rings. The average molecular weight is 263 g/mol. The minimum atomic E-state index is -0.122. The number of fused-ring (bicyclic) bond motifs is 1. The maximum absolute atomic E-state index is 12.3. The molecular weight excluding hydrogens is 252 g/mol. The molecule has 2 heteroatoms. The lowest BCUT2D eigenvalue weighted by molar-refractivity contribution is 0.0835. The first-order valence-electron chi connectivity index (χ1n) is 5.20. The van der Waals surface area contributed by atoms with Crippen LogP contribution < -0.4 is 0 Å². The highest BCUT2D eigenvalue weighted by Gasteiger charge is 2.45. The van der Waals surface area contributed by atoms with Crippen LogP contribution in [0.5, 0.6) is 0 Å². The number of allylic oxidation sites excluding steroid dienone is 2. The Morgan fingerprint density at radius 2 is 1.93 bits per heavy atom. The molecule has 15 heavy (non-hydrogen) atoms. The molecule has 0 amide bonds. The minimum Gasteiger partial charge on any atom is -0.294 e. The van der Waals surface area contributed by atoms with E-state index in [1.165, 1.54) is 5.56 Å². The van der Waals surface area contributed by atoms with Gasteiger partial charge >= 0.3 is 0 Å². The Labute approximate surface area is 97.3 Å². The van der Waals surface area contributed by atoms with E-state index in [1.54, 1.807) is 0 Å². The third-order valence-corrected chi connectivity index (χ3v) is 4.00. The lowest BCUT2D eigenvalue weighted by atomic mass is 9.81. The number of carbonyl (C=O) groups is 1. The first kappa shape index (κ1) is 9.34. The smallest absolute Gasteiger partial charge is 0.170 e. The molecule has 0 N–H and O–H groups in total. The first-order chi connectivity index (χ1) is 7.21. The van der Waals surface area contributed by atoms with Crippen LogP contribution in [0.25, 0.3) is 0 Å². The van der Waals surface area contributed by atoms with Crippen LogP contribution in [0.1, 0.15) is 28.8 Å². The predicted octanol–water partition coefficient (Wildman–Crippen LogP) is 3.52. The van der Waals surface area contributed by atoms with Crippen LogP contribution in [-0.2, 0) is 6.42 Å². The molecule has 0 heterocycles. The van der Waals surface area contributed by atoms with Crippen LogP contribution in [0.2, 0.25) is 0 Å². The van der Waals surface area contributed by atoms with E-state index in [9.17, 15) is 4.79 Å². The van der Waals surface area contributed by atoms with Gasteiger partial charge in [-0.2, -0.15) is 0 Å². The van der Waals surface area contributed by atoms with Gasteiger partial charge in [0.15, 0.2) is 5.78 Å². The fraction of sp³-hybridized carbons (Fsp3) is 0.308. The van der Waals surface area contributed by atoms with Gasteiger partial charge in [0.25, 0.3) is 0 Å². The van der Waals surface area contributed by atoms with Crippen molar-refractivity contribution in [2.45, 2.75) is 19.3 Å². The van der Waals surface area contributed by atoms with Crippen molar-refractivity contribution in [3.63, 3.8) is 0 Å². The molecule has 0 aliphatic heterocycles. The second-order valence-corrected chi connectivity index (χ2v) is 5.38. The molecule has 0 saturated carbocycles. The van der Waals surface area contributed by atoms with Gasteiger partial charge in [0.1, 0.15) is 0 Å². The van der Waals surface area contributed by atoms with Gasteiger partial charge in [0.05, 0.1) is 0 Å². The van der Waals surface area contributed by atoms with Gasteiger partial charge in [0.2, 0.25) is 0 Å². The van der Waals surface area contributed by atoms with E-state index in [1.807, 2.05) is 12.1 Å². The summed E-state index contributed by atoms with van der Waals surface area (Å²) in [6, 6.07) is 5.99. The first-order valence-corrected chi connectivity index (χ1v) is 5.99. The summed E-state index contributed by atoms with van der Waals surface area (Å²) in [5.74, 6) is 0.343. The highest BCUT2D eigenvalue weighted by Crippen LogP contribution is 2.46. The number of carbonyl (C=O) groups excluding carboxylic acids is 1.